The third-order valence-electron chi connectivity index (χ3n) is 5.87. The molecule has 0 radical (unpaired) electrons. The van der Waals surface area contributed by atoms with Crippen molar-refractivity contribution < 1.29 is 17.6 Å². The van der Waals surface area contributed by atoms with Crippen molar-refractivity contribution in [3.8, 4) is 0 Å². The van der Waals surface area contributed by atoms with Crippen molar-refractivity contribution in [2.75, 3.05) is 13.1 Å². The van der Waals surface area contributed by atoms with Gasteiger partial charge in [0.05, 0.1) is 11.8 Å². The number of rotatable bonds is 6. The van der Waals surface area contributed by atoms with Gasteiger partial charge in [-0.2, -0.15) is 0 Å². The molecule has 0 saturated carbocycles. The number of carbonyl (C=O) groups excluding carboxylic acids is 1. The van der Waals surface area contributed by atoms with E-state index in [2.05, 4.69) is 11.4 Å². The number of sulfonamides is 1. The summed E-state index contributed by atoms with van der Waals surface area (Å²) in [6.07, 6.45) is 0.852. The number of amides is 1. The highest BCUT2D eigenvalue weighted by atomic mass is 35.5. The summed E-state index contributed by atoms with van der Waals surface area (Å²) >= 11 is 5.98. The maximum absolute atomic E-state index is 14.0. The Labute approximate surface area is 188 Å². The van der Waals surface area contributed by atoms with E-state index in [0.717, 1.165) is 16.7 Å². The lowest BCUT2D eigenvalue weighted by Crippen LogP contribution is -2.43. The van der Waals surface area contributed by atoms with E-state index in [1.54, 1.807) is 0 Å². The summed E-state index contributed by atoms with van der Waals surface area (Å²) in [5.41, 5.74) is 3.31. The standard InChI is InChI=1S/C23H28ClFN2O3S/c1-15-7-8-16(2)19(13-15)17(3)26-23(28)18-9-11-27(12-10-18)31(29,30)14-20-21(24)5-4-6-22(20)25/h4-8,13,17-18H,9-12,14H2,1-3H3,(H,26,28)/t17-/m0/s1. The number of aryl methyl sites for hydroxylation is 2. The zero-order valence-electron chi connectivity index (χ0n) is 18.0. The van der Waals surface area contributed by atoms with E-state index in [1.807, 2.05) is 32.9 Å². The molecule has 0 unspecified atom stereocenters. The van der Waals surface area contributed by atoms with Gasteiger partial charge in [-0.25, -0.2) is 17.1 Å². The van der Waals surface area contributed by atoms with Crippen molar-refractivity contribution in [2.45, 2.75) is 45.4 Å². The van der Waals surface area contributed by atoms with Crippen LogP contribution in [-0.4, -0.2) is 31.7 Å². The highest BCUT2D eigenvalue weighted by Crippen LogP contribution is 2.27. The van der Waals surface area contributed by atoms with Crippen molar-refractivity contribution >= 4 is 27.5 Å². The van der Waals surface area contributed by atoms with Gasteiger partial charge in [-0.1, -0.05) is 41.4 Å². The van der Waals surface area contributed by atoms with Crippen LogP contribution in [0.3, 0.4) is 0 Å². The molecule has 0 aromatic heterocycles. The number of nitrogens with zero attached hydrogens (tertiary/aromatic N) is 1. The Morgan fingerprint density at radius 3 is 2.55 bits per heavy atom. The summed E-state index contributed by atoms with van der Waals surface area (Å²) in [6, 6.07) is 10.1. The highest BCUT2D eigenvalue weighted by molar-refractivity contribution is 7.88. The number of nitrogens with one attached hydrogen (secondary N) is 1. The van der Waals surface area contributed by atoms with Crippen LogP contribution in [0.25, 0.3) is 0 Å². The number of halogens is 2. The largest absolute Gasteiger partial charge is 0.349 e. The minimum atomic E-state index is -3.73. The molecule has 1 saturated heterocycles. The lowest BCUT2D eigenvalue weighted by Gasteiger charge is -2.31. The first-order valence-electron chi connectivity index (χ1n) is 10.4. The molecule has 1 amide bonds. The summed E-state index contributed by atoms with van der Waals surface area (Å²) in [5.74, 6) is -1.44. The Hall–Kier alpha value is -1.96. The predicted molar refractivity (Wildman–Crippen MR) is 121 cm³/mol. The van der Waals surface area contributed by atoms with Crippen molar-refractivity contribution in [2.24, 2.45) is 5.92 Å². The third kappa shape index (κ3) is 5.64. The van der Waals surface area contributed by atoms with Crippen LogP contribution in [0.4, 0.5) is 4.39 Å². The molecule has 1 aliphatic heterocycles. The number of benzene rings is 2. The smallest absolute Gasteiger partial charge is 0.223 e. The molecule has 0 spiro atoms. The second kappa shape index (κ2) is 9.67. The predicted octanol–water partition coefficient (Wildman–Crippen LogP) is 4.52. The van der Waals surface area contributed by atoms with Crippen LogP contribution in [0.1, 0.15) is 48.1 Å². The van der Waals surface area contributed by atoms with E-state index in [9.17, 15) is 17.6 Å². The number of carbonyl (C=O) groups is 1. The third-order valence-corrected chi connectivity index (χ3v) is 8.03. The highest BCUT2D eigenvalue weighted by Gasteiger charge is 2.32. The first kappa shape index (κ1) is 23.7. The summed E-state index contributed by atoms with van der Waals surface area (Å²) in [5, 5.41) is 3.16. The number of hydrogen-bond donors (Lipinski definition) is 1. The normalized spacial score (nSPS) is 16.8. The van der Waals surface area contributed by atoms with E-state index in [1.165, 1.54) is 22.5 Å². The maximum Gasteiger partial charge on any atom is 0.223 e. The van der Waals surface area contributed by atoms with Crippen LogP contribution in [0.2, 0.25) is 5.02 Å². The molecule has 1 fully saturated rings. The van der Waals surface area contributed by atoms with Gasteiger partial charge in [0.1, 0.15) is 5.82 Å². The van der Waals surface area contributed by atoms with Crippen LogP contribution in [0.5, 0.6) is 0 Å². The SMILES string of the molecule is Cc1ccc(C)c([C@H](C)NC(=O)C2CCN(S(=O)(=O)Cc3c(F)cccc3Cl)CC2)c1. The molecule has 31 heavy (non-hydrogen) atoms. The first-order valence-corrected chi connectivity index (χ1v) is 12.4. The summed E-state index contributed by atoms with van der Waals surface area (Å²) < 4.78 is 40.9. The Bertz CT molecular complexity index is 1050. The molecule has 8 heteroatoms. The summed E-state index contributed by atoms with van der Waals surface area (Å²) in [6.45, 7) is 6.44. The van der Waals surface area contributed by atoms with Gasteiger partial charge < -0.3 is 5.32 Å². The van der Waals surface area contributed by atoms with Crippen molar-refractivity contribution in [1.29, 1.82) is 0 Å². The van der Waals surface area contributed by atoms with E-state index in [-0.39, 0.29) is 41.5 Å². The molecule has 0 bridgehead atoms. The molecule has 2 aromatic carbocycles. The quantitative estimate of drug-likeness (QED) is 0.680. The lowest BCUT2D eigenvalue weighted by molar-refractivity contribution is -0.126. The zero-order valence-corrected chi connectivity index (χ0v) is 19.6. The fraction of sp³-hybridized carbons (Fsp3) is 0.435. The fourth-order valence-corrected chi connectivity index (χ4v) is 5.89. The molecule has 3 rings (SSSR count). The van der Waals surface area contributed by atoms with Crippen LogP contribution in [0.15, 0.2) is 36.4 Å². The monoisotopic (exact) mass is 466 g/mol. The Morgan fingerprint density at radius 1 is 1.23 bits per heavy atom. The first-order chi connectivity index (χ1) is 14.6. The van der Waals surface area contributed by atoms with Crippen LogP contribution in [0, 0.1) is 25.6 Å². The van der Waals surface area contributed by atoms with Gasteiger partial charge in [0, 0.05) is 29.6 Å². The minimum Gasteiger partial charge on any atom is -0.349 e. The van der Waals surface area contributed by atoms with Gasteiger partial charge in [-0.3, -0.25) is 4.79 Å². The second-order valence-corrected chi connectivity index (χ2v) is 10.6. The Morgan fingerprint density at radius 2 is 1.90 bits per heavy atom. The maximum atomic E-state index is 14.0. The van der Waals surface area contributed by atoms with Gasteiger partial charge >= 0.3 is 0 Å². The molecule has 1 N–H and O–H groups in total. The molecular weight excluding hydrogens is 439 g/mol. The van der Waals surface area contributed by atoms with Crippen LogP contribution < -0.4 is 5.32 Å². The lowest BCUT2D eigenvalue weighted by atomic mass is 9.95. The van der Waals surface area contributed by atoms with Gasteiger partial charge in [0.25, 0.3) is 0 Å². The molecule has 1 atom stereocenters. The topological polar surface area (TPSA) is 66.5 Å². The fourth-order valence-electron chi connectivity index (χ4n) is 3.98. The molecule has 0 aliphatic carbocycles. The zero-order chi connectivity index (χ0) is 22.8. The summed E-state index contributed by atoms with van der Waals surface area (Å²) in [4.78, 5) is 12.8. The number of hydrogen-bond acceptors (Lipinski definition) is 3. The van der Waals surface area contributed by atoms with Gasteiger partial charge in [-0.05, 0) is 56.9 Å². The van der Waals surface area contributed by atoms with Crippen molar-refractivity contribution in [3.63, 3.8) is 0 Å². The molecule has 1 aliphatic rings. The molecular formula is C23H28ClFN2O3S. The average molecular weight is 467 g/mol. The van der Waals surface area contributed by atoms with E-state index < -0.39 is 21.6 Å². The molecule has 168 valence electrons. The Kier molecular flexibility index (Phi) is 7.39. The van der Waals surface area contributed by atoms with Gasteiger partial charge in [-0.15, -0.1) is 0 Å². The number of piperidine rings is 1. The summed E-state index contributed by atoms with van der Waals surface area (Å²) in [7, 11) is -3.73. The van der Waals surface area contributed by atoms with Crippen molar-refractivity contribution in [3.05, 3.63) is 69.5 Å². The second-order valence-electron chi connectivity index (χ2n) is 8.22. The van der Waals surface area contributed by atoms with Crippen molar-refractivity contribution in [1.82, 2.24) is 9.62 Å². The minimum absolute atomic E-state index is 0.0219. The Balaban J connectivity index is 1.59. The van der Waals surface area contributed by atoms with Crippen LogP contribution in [-0.2, 0) is 20.6 Å². The van der Waals surface area contributed by atoms with E-state index >= 15 is 0 Å². The molecule has 2 aromatic rings. The van der Waals surface area contributed by atoms with Crippen LogP contribution >= 0.6 is 11.6 Å². The van der Waals surface area contributed by atoms with Gasteiger partial charge in [0.2, 0.25) is 15.9 Å². The molecule has 5 nitrogen and oxygen atoms in total. The average Bonchev–Trinajstić information content (AvgIpc) is 2.72. The van der Waals surface area contributed by atoms with E-state index in [0.29, 0.717) is 12.8 Å². The van der Waals surface area contributed by atoms with Gasteiger partial charge in [0.15, 0.2) is 0 Å². The van der Waals surface area contributed by atoms with E-state index in [4.69, 9.17) is 11.6 Å². The molecule has 1 heterocycles.